The molecular formula is C21H31NO4. The molecule has 2 aliphatic heterocycles. The monoisotopic (exact) mass is 361 g/mol. The van der Waals surface area contributed by atoms with E-state index in [1.54, 1.807) is 0 Å². The molecule has 5 heteroatoms. The molecular weight excluding hydrogens is 330 g/mol. The van der Waals surface area contributed by atoms with E-state index in [0.29, 0.717) is 12.4 Å². The summed E-state index contributed by atoms with van der Waals surface area (Å²) in [5.74, 6) is 1.85. The molecule has 5 nitrogen and oxygen atoms in total. The summed E-state index contributed by atoms with van der Waals surface area (Å²) < 4.78 is 17.0. The first-order chi connectivity index (χ1) is 12.1. The molecule has 1 saturated heterocycles. The summed E-state index contributed by atoms with van der Waals surface area (Å²) in [5, 5.41) is 0. The van der Waals surface area contributed by atoms with E-state index in [1.807, 2.05) is 39.0 Å². The molecule has 2 aliphatic rings. The van der Waals surface area contributed by atoms with Crippen LogP contribution in [0.15, 0.2) is 18.2 Å². The van der Waals surface area contributed by atoms with E-state index in [9.17, 15) is 4.79 Å². The van der Waals surface area contributed by atoms with Gasteiger partial charge in [0.05, 0.1) is 18.8 Å². The molecule has 0 saturated carbocycles. The molecule has 0 spiro atoms. The van der Waals surface area contributed by atoms with Crippen LogP contribution in [0, 0.1) is 5.41 Å². The van der Waals surface area contributed by atoms with Crippen LogP contribution in [0.4, 0.5) is 0 Å². The van der Waals surface area contributed by atoms with E-state index in [4.69, 9.17) is 14.2 Å². The lowest BCUT2D eigenvalue weighted by atomic mass is 9.84. The number of ether oxygens (including phenoxy) is 3. The van der Waals surface area contributed by atoms with Crippen LogP contribution in [0.5, 0.6) is 11.5 Å². The Morgan fingerprint density at radius 2 is 1.85 bits per heavy atom. The van der Waals surface area contributed by atoms with Crippen LogP contribution in [-0.4, -0.2) is 41.7 Å². The van der Waals surface area contributed by atoms with Crippen molar-refractivity contribution in [2.24, 2.45) is 5.41 Å². The normalized spacial score (nSPS) is 23.5. The molecule has 2 heterocycles. The summed E-state index contributed by atoms with van der Waals surface area (Å²) in [6.45, 7) is 14.0. The maximum Gasteiger partial charge on any atom is 0.231 e. The Balaban J connectivity index is 1.66. The van der Waals surface area contributed by atoms with Crippen molar-refractivity contribution in [3.8, 4) is 11.5 Å². The van der Waals surface area contributed by atoms with Crippen LogP contribution < -0.4 is 9.47 Å². The predicted octanol–water partition coefficient (Wildman–Crippen LogP) is 3.79. The van der Waals surface area contributed by atoms with E-state index >= 15 is 0 Å². The lowest BCUT2D eigenvalue weighted by Gasteiger charge is -2.38. The quantitative estimate of drug-likeness (QED) is 0.817. The van der Waals surface area contributed by atoms with Crippen molar-refractivity contribution in [2.45, 2.75) is 72.3 Å². The number of likely N-dealkylation sites (tertiary alicyclic amines) is 1. The Hall–Kier alpha value is -1.59. The number of ketones is 1. The minimum absolute atomic E-state index is 0.0518. The van der Waals surface area contributed by atoms with Gasteiger partial charge in [-0.1, -0.05) is 26.8 Å². The van der Waals surface area contributed by atoms with Gasteiger partial charge in [-0.2, -0.15) is 0 Å². The Bertz CT molecular complexity index is 672. The smallest absolute Gasteiger partial charge is 0.231 e. The summed E-state index contributed by atoms with van der Waals surface area (Å²) in [5.41, 5.74) is 0.644. The molecule has 0 amide bonds. The first kappa shape index (κ1) is 19.2. The molecule has 3 rings (SSSR count). The third kappa shape index (κ3) is 4.04. The minimum atomic E-state index is -0.347. The number of hydrogen-bond acceptors (Lipinski definition) is 5. The zero-order valence-corrected chi connectivity index (χ0v) is 16.8. The number of carbonyl (C=O) groups excluding carboxylic acids is 1. The summed E-state index contributed by atoms with van der Waals surface area (Å²) in [6.07, 6.45) is 0.800. The number of nitrogens with zero attached hydrogens (tertiary/aromatic N) is 1. The van der Waals surface area contributed by atoms with Gasteiger partial charge in [0, 0.05) is 17.5 Å². The molecule has 0 radical (unpaired) electrons. The average Bonchev–Trinajstić information content (AvgIpc) is 3.17. The second kappa shape index (κ2) is 6.86. The summed E-state index contributed by atoms with van der Waals surface area (Å²) in [4.78, 5) is 15.2. The van der Waals surface area contributed by atoms with Gasteiger partial charge in [-0.15, -0.1) is 0 Å². The maximum absolute atomic E-state index is 12.9. The Morgan fingerprint density at radius 1 is 1.15 bits per heavy atom. The van der Waals surface area contributed by atoms with Crippen LogP contribution in [0.1, 0.15) is 53.5 Å². The van der Waals surface area contributed by atoms with Crippen molar-refractivity contribution in [1.82, 2.24) is 4.90 Å². The fraction of sp³-hybridized carbons (Fsp3) is 0.667. The van der Waals surface area contributed by atoms with Gasteiger partial charge in [0.1, 0.15) is 0 Å². The van der Waals surface area contributed by atoms with Crippen LogP contribution in [0.25, 0.3) is 0 Å². The zero-order valence-electron chi connectivity index (χ0n) is 16.8. The summed E-state index contributed by atoms with van der Waals surface area (Å²) in [7, 11) is 0. The fourth-order valence-electron chi connectivity index (χ4n) is 3.65. The van der Waals surface area contributed by atoms with E-state index in [1.165, 1.54) is 0 Å². The molecule has 0 aliphatic carbocycles. The highest BCUT2D eigenvalue weighted by atomic mass is 16.7. The van der Waals surface area contributed by atoms with Crippen molar-refractivity contribution in [1.29, 1.82) is 0 Å². The highest BCUT2D eigenvalue weighted by Gasteiger charge is 2.45. The van der Waals surface area contributed by atoms with Crippen LogP contribution in [0.2, 0.25) is 0 Å². The molecule has 1 aromatic rings. The SMILES string of the molecule is CC(C)(C)C(=O)[C@H]1C[C@@H](OCc2ccc3c(c2)OCO3)CN1C(C)(C)C. The van der Waals surface area contributed by atoms with Gasteiger partial charge in [-0.3, -0.25) is 9.69 Å². The van der Waals surface area contributed by atoms with Gasteiger partial charge < -0.3 is 14.2 Å². The zero-order chi connectivity index (χ0) is 19.1. The van der Waals surface area contributed by atoms with Gasteiger partial charge in [0.25, 0.3) is 0 Å². The first-order valence-corrected chi connectivity index (χ1v) is 9.37. The minimum Gasteiger partial charge on any atom is -0.454 e. The topological polar surface area (TPSA) is 48.0 Å². The number of benzene rings is 1. The molecule has 26 heavy (non-hydrogen) atoms. The van der Waals surface area contributed by atoms with Crippen LogP contribution >= 0.6 is 0 Å². The molecule has 0 unspecified atom stereocenters. The second-order valence-corrected chi connectivity index (χ2v) is 9.31. The fourth-order valence-corrected chi connectivity index (χ4v) is 3.65. The van der Waals surface area contributed by atoms with Gasteiger partial charge >= 0.3 is 0 Å². The van der Waals surface area contributed by atoms with E-state index < -0.39 is 0 Å². The third-order valence-electron chi connectivity index (χ3n) is 5.09. The Labute approximate surface area is 156 Å². The molecule has 1 fully saturated rings. The summed E-state index contributed by atoms with van der Waals surface area (Å²) >= 11 is 0. The number of rotatable bonds is 4. The number of hydrogen-bond donors (Lipinski definition) is 0. The Kier molecular flexibility index (Phi) is 5.06. The highest BCUT2D eigenvalue weighted by molar-refractivity contribution is 5.89. The van der Waals surface area contributed by atoms with E-state index in [2.05, 4.69) is 25.7 Å². The largest absolute Gasteiger partial charge is 0.454 e. The van der Waals surface area contributed by atoms with E-state index in [0.717, 1.165) is 30.0 Å². The van der Waals surface area contributed by atoms with Gasteiger partial charge in [-0.05, 0) is 44.9 Å². The van der Waals surface area contributed by atoms with Crippen molar-refractivity contribution < 1.29 is 19.0 Å². The highest BCUT2D eigenvalue weighted by Crippen LogP contribution is 2.35. The van der Waals surface area contributed by atoms with Crippen molar-refractivity contribution >= 4 is 5.78 Å². The number of carbonyl (C=O) groups is 1. The van der Waals surface area contributed by atoms with Crippen molar-refractivity contribution in [3.05, 3.63) is 23.8 Å². The average molecular weight is 361 g/mol. The molecule has 144 valence electrons. The Morgan fingerprint density at radius 3 is 2.50 bits per heavy atom. The van der Waals surface area contributed by atoms with Gasteiger partial charge in [0.15, 0.2) is 17.3 Å². The lowest BCUT2D eigenvalue weighted by Crippen LogP contribution is -2.50. The van der Waals surface area contributed by atoms with Crippen LogP contribution in [-0.2, 0) is 16.1 Å². The molecule has 0 aromatic heterocycles. The van der Waals surface area contributed by atoms with Crippen molar-refractivity contribution in [2.75, 3.05) is 13.3 Å². The van der Waals surface area contributed by atoms with Crippen LogP contribution in [0.3, 0.4) is 0 Å². The molecule has 2 atom stereocenters. The number of Topliss-reactive ketones (excluding diaryl/α,β-unsaturated/α-hetero) is 1. The maximum atomic E-state index is 12.9. The lowest BCUT2D eigenvalue weighted by molar-refractivity contribution is -0.132. The molecule has 0 bridgehead atoms. The summed E-state index contributed by atoms with van der Waals surface area (Å²) in [6, 6.07) is 5.80. The first-order valence-electron chi connectivity index (χ1n) is 9.37. The van der Waals surface area contributed by atoms with Crippen molar-refractivity contribution in [3.63, 3.8) is 0 Å². The van der Waals surface area contributed by atoms with E-state index in [-0.39, 0.29) is 29.9 Å². The number of fused-ring (bicyclic) bond motifs is 1. The third-order valence-corrected chi connectivity index (χ3v) is 5.09. The standard InChI is InChI=1S/C21H31NO4/c1-20(2,3)19(23)16-10-15(11-22(16)21(4,5)6)24-12-14-7-8-17-18(9-14)26-13-25-17/h7-9,15-16H,10-13H2,1-6H3/t15-,16-/m1/s1. The molecule has 1 aromatic carbocycles. The predicted molar refractivity (Wildman–Crippen MR) is 100 cm³/mol. The van der Waals surface area contributed by atoms with Gasteiger partial charge in [-0.25, -0.2) is 0 Å². The second-order valence-electron chi connectivity index (χ2n) is 9.31. The molecule has 0 N–H and O–H groups in total. The van der Waals surface area contributed by atoms with Gasteiger partial charge in [0.2, 0.25) is 6.79 Å².